The predicted molar refractivity (Wildman–Crippen MR) is 66.1 cm³/mol. The Hall–Kier alpha value is -0.480. The van der Waals surface area contributed by atoms with E-state index in [1.165, 1.54) is 0 Å². The van der Waals surface area contributed by atoms with E-state index < -0.39 is 10.0 Å². The number of aromatic nitrogens is 2. The van der Waals surface area contributed by atoms with E-state index in [-0.39, 0.29) is 0 Å². The summed E-state index contributed by atoms with van der Waals surface area (Å²) in [4.78, 5) is 8.01. The maximum absolute atomic E-state index is 10.7. The van der Waals surface area contributed by atoms with Gasteiger partial charge in [0, 0.05) is 29.1 Å². The van der Waals surface area contributed by atoms with E-state index in [4.69, 9.17) is 0 Å². The molecule has 2 N–H and O–H groups in total. The molecule has 0 aliphatic heterocycles. The lowest BCUT2D eigenvalue weighted by Crippen LogP contribution is -2.27. The molecule has 84 valence electrons. The Morgan fingerprint density at radius 3 is 2.47 bits per heavy atom. The summed E-state index contributed by atoms with van der Waals surface area (Å²) < 4.78 is 24.7. The summed E-state index contributed by atoms with van der Waals surface area (Å²) in [7, 11) is -3.12. The van der Waals surface area contributed by atoms with Crippen LogP contribution in [-0.4, -0.2) is 37.7 Å². The number of anilines is 1. The van der Waals surface area contributed by atoms with Gasteiger partial charge in [0.1, 0.15) is 0 Å². The fraction of sp³-hybridized carbons (Fsp3) is 0.429. The molecule has 0 aliphatic rings. The highest BCUT2D eigenvalue weighted by molar-refractivity contribution is 14.1. The molecule has 6 nitrogen and oxygen atoms in total. The molecule has 1 aromatic rings. The first-order valence-electron chi connectivity index (χ1n) is 4.13. The van der Waals surface area contributed by atoms with E-state index in [1.807, 2.05) is 0 Å². The average molecular weight is 342 g/mol. The molecule has 0 radical (unpaired) electrons. The summed E-state index contributed by atoms with van der Waals surface area (Å²) in [6.45, 7) is 0.766. The molecular formula is C7H11IN4O2S. The highest BCUT2D eigenvalue weighted by Crippen LogP contribution is 2.01. The molecular weight excluding hydrogens is 331 g/mol. The van der Waals surface area contributed by atoms with Crippen molar-refractivity contribution in [2.45, 2.75) is 0 Å². The molecule has 15 heavy (non-hydrogen) atoms. The molecule has 0 fully saturated rings. The molecule has 8 heteroatoms. The molecule has 0 unspecified atom stereocenters. The zero-order valence-corrected chi connectivity index (χ0v) is 11.0. The Kier molecular flexibility index (Phi) is 4.67. The van der Waals surface area contributed by atoms with Crippen molar-refractivity contribution in [3.05, 3.63) is 16.0 Å². The Labute approximate surface area is 102 Å². The van der Waals surface area contributed by atoms with Crippen molar-refractivity contribution in [2.75, 3.05) is 24.7 Å². The van der Waals surface area contributed by atoms with Gasteiger partial charge in [0.25, 0.3) is 0 Å². The lowest BCUT2D eigenvalue weighted by Gasteiger charge is -2.04. The topological polar surface area (TPSA) is 84.0 Å². The standard InChI is InChI=1S/C7H11IN4O2S/c1-15(13,14)12-3-2-9-7-10-4-6(8)5-11-7/h4-5,12H,2-3H2,1H3,(H,9,10,11). The zero-order valence-electron chi connectivity index (χ0n) is 8.07. The van der Waals surface area contributed by atoms with Gasteiger partial charge in [-0.3, -0.25) is 0 Å². The number of nitrogens with zero attached hydrogens (tertiary/aromatic N) is 2. The van der Waals surface area contributed by atoms with Gasteiger partial charge in [-0.25, -0.2) is 23.1 Å². The number of rotatable bonds is 5. The number of sulfonamides is 1. The van der Waals surface area contributed by atoms with Gasteiger partial charge < -0.3 is 5.32 Å². The number of halogens is 1. The molecule has 0 saturated heterocycles. The average Bonchev–Trinajstić information content (AvgIpc) is 2.14. The molecule has 0 bridgehead atoms. The summed E-state index contributed by atoms with van der Waals surface area (Å²) in [5.41, 5.74) is 0. The largest absolute Gasteiger partial charge is 0.353 e. The van der Waals surface area contributed by atoms with Crippen molar-refractivity contribution in [2.24, 2.45) is 0 Å². The second-order valence-electron chi connectivity index (χ2n) is 2.82. The Bertz CT molecular complexity index is 406. The molecule has 1 aromatic heterocycles. The van der Waals surface area contributed by atoms with E-state index in [2.05, 4.69) is 42.6 Å². The molecule has 0 amide bonds. The van der Waals surface area contributed by atoms with Crippen LogP contribution in [0.25, 0.3) is 0 Å². The summed E-state index contributed by atoms with van der Waals surface area (Å²) in [6, 6.07) is 0. The molecule has 0 aliphatic carbocycles. The minimum absolute atomic E-state index is 0.314. The maximum Gasteiger partial charge on any atom is 0.222 e. The van der Waals surface area contributed by atoms with Gasteiger partial charge in [-0.1, -0.05) is 0 Å². The molecule has 0 spiro atoms. The second-order valence-corrected chi connectivity index (χ2v) is 5.90. The highest BCUT2D eigenvalue weighted by atomic mass is 127. The number of nitrogens with one attached hydrogen (secondary N) is 2. The minimum Gasteiger partial charge on any atom is -0.353 e. The van der Waals surface area contributed by atoms with Gasteiger partial charge in [-0.05, 0) is 22.6 Å². The molecule has 0 atom stereocenters. The van der Waals surface area contributed by atoms with Crippen LogP contribution in [0.4, 0.5) is 5.95 Å². The van der Waals surface area contributed by atoms with Gasteiger partial charge in [0.05, 0.1) is 6.26 Å². The summed E-state index contributed by atoms with van der Waals surface area (Å²) in [5, 5.41) is 2.89. The van der Waals surface area contributed by atoms with E-state index in [0.29, 0.717) is 19.0 Å². The summed E-state index contributed by atoms with van der Waals surface area (Å²) in [6.07, 6.45) is 4.48. The van der Waals surface area contributed by atoms with Crippen molar-refractivity contribution in [3.63, 3.8) is 0 Å². The van der Waals surface area contributed by atoms with Crippen molar-refractivity contribution in [1.29, 1.82) is 0 Å². The van der Waals surface area contributed by atoms with Gasteiger partial charge in [0.2, 0.25) is 16.0 Å². The number of hydrogen-bond donors (Lipinski definition) is 2. The van der Waals surface area contributed by atoms with Crippen LogP contribution < -0.4 is 10.0 Å². The summed E-state index contributed by atoms with van der Waals surface area (Å²) >= 11 is 2.11. The van der Waals surface area contributed by atoms with Crippen LogP contribution in [-0.2, 0) is 10.0 Å². The fourth-order valence-corrected chi connectivity index (χ4v) is 1.57. The third-order valence-electron chi connectivity index (χ3n) is 1.39. The molecule has 0 saturated carbocycles. The van der Waals surface area contributed by atoms with Crippen molar-refractivity contribution < 1.29 is 8.42 Å². The zero-order chi connectivity index (χ0) is 11.3. The van der Waals surface area contributed by atoms with E-state index in [1.54, 1.807) is 12.4 Å². The lowest BCUT2D eigenvalue weighted by molar-refractivity contribution is 0.589. The van der Waals surface area contributed by atoms with Crippen LogP contribution in [0.2, 0.25) is 0 Å². The van der Waals surface area contributed by atoms with Gasteiger partial charge in [-0.2, -0.15) is 0 Å². The third kappa shape index (κ3) is 5.85. The van der Waals surface area contributed by atoms with Gasteiger partial charge >= 0.3 is 0 Å². The Morgan fingerprint density at radius 1 is 1.33 bits per heavy atom. The van der Waals surface area contributed by atoms with Crippen molar-refractivity contribution in [3.8, 4) is 0 Å². The molecule has 1 rings (SSSR count). The van der Waals surface area contributed by atoms with E-state index >= 15 is 0 Å². The van der Waals surface area contributed by atoms with Crippen LogP contribution >= 0.6 is 22.6 Å². The van der Waals surface area contributed by atoms with Crippen LogP contribution in [0.5, 0.6) is 0 Å². The Morgan fingerprint density at radius 2 is 1.93 bits per heavy atom. The predicted octanol–water partition coefficient (Wildman–Crippen LogP) is 0.0423. The van der Waals surface area contributed by atoms with Crippen LogP contribution in [0.3, 0.4) is 0 Å². The first kappa shape index (κ1) is 12.6. The lowest BCUT2D eigenvalue weighted by atomic mass is 10.6. The van der Waals surface area contributed by atoms with Crippen LogP contribution in [0, 0.1) is 3.57 Å². The Balaban J connectivity index is 2.29. The quantitative estimate of drug-likeness (QED) is 0.583. The molecule has 0 aromatic carbocycles. The van der Waals surface area contributed by atoms with Crippen molar-refractivity contribution >= 4 is 38.6 Å². The first-order chi connectivity index (χ1) is 6.97. The summed E-state index contributed by atoms with van der Waals surface area (Å²) in [5.74, 6) is 0.491. The first-order valence-corrected chi connectivity index (χ1v) is 7.10. The number of hydrogen-bond acceptors (Lipinski definition) is 5. The normalized spacial score (nSPS) is 11.3. The maximum atomic E-state index is 10.7. The fourth-order valence-electron chi connectivity index (χ4n) is 0.814. The smallest absolute Gasteiger partial charge is 0.222 e. The van der Waals surface area contributed by atoms with E-state index in [0.717, 1.165) is 9.83 Å². The second kappa shape index (κ2) is 5.56. The van der Waals surface area contributed by atoms with Crippen molar-refractivity contribution in [1.82, 2.24) is 14.7 Å². The van der Waals surface area contributed by atoms with Gasteiger partial charge in [-0.15, -0.1) is 0 Å². The third-order valence-corrected chi connectivity index (χ3v) is 2.68. The molecule has 1 heterocycles. The SMILES string of the molecule is CS(=O)(=O)NCCNc1ncc(I)cn1. The minimum atomic E-state index is -3.12. The highest BCUT2D eigenvalue weighted by Gasteiger charge is 1.99. The monoisotopic (exact) mass is 342 g/mol. The van der Waals surface area contributed by atoms with Crippen LogP contribution in [0.15, 0.2) is 12.4 Å². The van der Waals surface area contributed by atoms with E-state index in [9.17, 15) is 8.42 Å². The van der Waals surface area contributed by atoms with Crippen LogP contribution in [0.1, 0.15) is 0 Å². The van der Waals surface area contributed by atoms with Gasteiger partial charge in [0.15, 0.2) is 0 Å².